The quantitative estimate of drug-likeness (QED) is 0.751. The molecule has 1 aromatic heterocycles. The number of ether oxygens (including phenoxy) is 2. The predicted molar refractivity (Wildman–Crippen MR) is 92.9 cm³/mol. The summed E-state index contributed by atoms with van der Waals surface area (Å²) in [5.41, 5.74) is 1.15. The van der Waals surface area contributed by atoms with Crippen LogP contribution < -0.4 is 14.8 Å². The van der Waals surface area contributed by atoms with Gasteiger partial charge in [-0.3, -0.25) is 4.79 Å². The second-order valence-electron chi connectivity index (χ2n) is 5.61. The Morgan fingerprint density at radius 3 is 2.58 bits per heavy atom. The molecule has 0 radical (unpaired) electrons. The molecule has 0 unspecified atom stereocenters. The van der Waals surface area contributed by atoms with Crippen LogP contribution in [0.15, 0.2) is 52.9 Å². The van der Waals surface area contributed by atoms with Crippen molar-refractivity contribution in [2.75, 3.05) is 12.4 Å². The maximum Gasteiger partial charge on any atom is 0.291 e. The minimum absolute atomic E-state index is 0.0125. The Bertz CT molecular complexity index is 867. The molecule has 1 heterocycles. The second kappa shape index (κ2) is 6.66. The van der Waals surface area contributed by atoms with E-state index in [2.05, 4.69) is 5.32 Å². The first kappa shape index (κ1) is 15.9. The van der Waals surface area contributed by atoms with E-state index in [1.54, 1.807) is 25.3 Å². The van der Waals surface area contributed by atoms with E-state index >= 15 is 0 Å². The number of hydrogen-bond donors (Lipinski definition) is 1. The number of anilines is 1. The number of carbonyl (C=O) groups excluding carboxylic acids is 1. The smallest absolute Gasteiger partial charge is 0.291 e. The summed E-state index contributed by atoms with van der Waals surface area (Å²) in [6.07, 6.45) is 0.0125. The van der Waals surface area contributed by atoms with Crippen molar-refractivity contribution in [3.63, 3.8) is 0 Å². The number of rotatable bonds is 5. The maximum atomic E-state index is 12.5. The Labute approximate surface area is 140 Å². The number of benzene rings is 2. The largest absolute Gasteiger partial charge is 0.493 e. The molecule has 0 aliphatic carbocycles. The Kier molecular flexibility index (Phi) is 4.42. The van der Waals surface area contributed by atoms with Crippen molar-refractivity contribution in [3.05, 3.63) is 54.3 Å². The summed E-state index contributed by atoms with van der Waals surface area (Å²) in [4.78, 5) is 12.5. The molecule has 5 heteroatoms. The molecular formula is C19H19NO4. The Balaban J connectivity index is 1.88. The van der Waals surface area contributed by atoms with Gasteiger partial charge in [-0.2, -0.15) is 0 Å². The molecule has 0 atom stereocenters. The molecule has 0 spiro atoms. The van der Waals surface area contributed by atoms with Crippen molar-refractivity contribution in [1.29, 1.82) is 0 Å². The summed E-state index contributed by atoms with van der Waals surface area (Å²) < 4.78 is 16.6. The van der Waals surface area contributed by atoms with Crippen LogP contribution in [0.25, 0.3) is 11.0 Å². The van der Waals surface area contributed by atoms with Gasteiger partial charge in [0.2, 0.25) is 0 Å². The first-order valence-electron chi connectivity index (χ1n) is 7.72. The van der Waals surface area contributed by atoms with Crippen LogP contribution >= 0.6 is 0 Å². The number of methoxy groups -OCH3 is 1. The second-order valence-corrected chi connectivity index (χ2v) is 5.61. The van der Waals surface area contributed by atoms with Gasteiger partial charge in [0.1, 0.15) is 5.75 Å². The molecule has 0 aliphatic heterocycles. The van der Waals surface area contributed by atoms with Gasteiger partial charge in [0, 0.05) is 5.39 Å². The van der Waals surface area contributed by atoms with Gasteiger partial charge in [0.25, 0.3) is 5.91 Å². The number of fused-ring (bicyclic) bond motifs is 1. The minimum Gasteiger partial charge on any atom is -0.493 e. The van der Waals surface area contributed by atoms with Gasteiger partial charge in [-0.25, -0.2) is 0 Å². The predicted octanol–water partition coefficient (Wildman–Crippen LogP) is 4.48. The van der Waals surface area contributed by atoms with E-state index in [1.165, 1.54) is 0 Å². The zero-order chi connectivity index (χ0) is 17.1. The van der Waals surface area contributed by atoms with E-state index in [4.69, 9.17) is 13.9 Å². The third-order valence-corrected chi connectivity index (χ3v) is 3.45. The van der Waals surface area contributed by atoms with E-state index in [9.17, 15) is 4.79 Å². The molecular weight excluding hydrogens is 306 g/mol. The summed E-state index contributed by atoms with van der Waals surface area (Å²) in [6.45, 7) is 3.87. The zero-order valence-electron chi connectivity index (χ0n) is 13.8. The Hall–Kier alpha value is -2.95. The fourth-order valence-corrected chi connectivity index (χ4v) is 2.42. The Morgan fingerprint density at radius 2 is 1.83 bits per heavy atom. The van der Waals surface area contributed by atoms with Gasteiger partial charge < -0.3 is 19.2 Å². The average molecular weight is 325 g/mol. The lowest BCUT2D eigenvalue weighted by Crippen LogP contribution is -2.13. The van der Waals surface area contributed by atoms with Gasteiger partial charge in [0.05, 0.1) is 18.9 Å². The number of hydrogen-bond acceptors (Lipinski definition) is 4. The molecule has 1 N–H and O–H groups in total. The van der Waals surface area contributed by atoms with E-state index in [1.807, 2.05) is 44.2 Å². The highest BCUT2D eigenvalue weighted by Gasteiger charge is 2.16. The molecule has 0 bridgehead atoms. The molecule has 3 aromatic rings. The van der Waals surface area contributed by atoms with Crippen LogP contribution in [0.4, 0.5) is 5.69 Å². The van der Waals surface area contributed by atoms with Crippen molar-refractivity contribution >= 4 is 22.6 Å². The lowest BCUT2D eigenvalue weighted by Gasteiger charge is -2.14. The molecule has 124 valence electrons. The van der Waals surface area contributed by atoms with Gasteiger partial charge in [-0.15, -0.1) is 0 Å². The SMILES string of the molecule is COc1cccc2cc(C(=O)Nc3ccccc3OC(C)C)oc12. The lowest BCUT2D eigenvalue weighted by molar-refractivity contribution is 0.0997. The van der Waals surface area contributed by atoms with E-state index in [0.717, 1.165) is 5.39 Å². The average Bonchev–Trinajstić information content (AvgIpc) is 3.00. The maximum absolute atomic E-state index is 12.5. The van der Waals surface area contributed by atoms with Crippen molar-refractivity contribution < 1.29 is 18.7 Å². The van der Waals surface area contributed by atoms with Crippen molar-refractivity contribution in [3.8, 4) is 11.5 Å². The summed E-state index contributed by atoms with van der Waals surface area (Å²) in [5, 5.41) is 3.64. The van der Waals surface area contributed by atoms with Crippen molar-refractivity contribution in [2.24, 2.45) is 0 Å². The van der Waals surface area contributed by atoms with Gasteiger partial charge >= 0.3 is 0 Å². The van der Waals surface area contributed by atoms with Crippen LogP contribution in [0.5, 0.6) is 11.5 Å². The van der Waals surface area contributed by atoms with Crippen LogP contribution in [0.3, 0.4) is 0 Å². The number of para-hydroxylation sites is 3. The fourth-order valence-electron chi connectivity index (χ4n) is 2.42. The number of furan rings is 1. The normalized spacial score (nSPS) is 10.8. The molecule has 0 aliphatic rings. The molecule has 5 nitrogen and oxygen atoms in total. The van der Waals surface area contributed by atoms with E-state index < -0.39 is 0 Å². The molecule has 0 fully saturated rings. The lowest BCUT2D eigenvalue weighted by atomic mass is 10.2. The third kappa shape index (κ3) is 3.20. The van der Waals surface area contributed by atoms with Crippen LogP contribution in [0.2, 0.25) is 0 Å². The summed E-state index contributed by atoms with van der Waals surface area (Å²) in [5.74, 6) is 1.09. The molecule has 3 rings (SSSR count). The standard InChI is InChI=1S/C19H19NO4/c1-12(2)23-15-9-5-4-8-14(15)20-19(21)17-11-13-7-6-10-16(22-3)18(13)24-17/h4-12H,1-3H3,(H,20,21). The molecule has 1 amide bonds. The molecule has 24 heavy (non-hydrogen) atoms. The first-order chi connectivity index (χ1) is 11.6. The van der Waals surface area contributed by atoms with Gasteiger partial charge in [-0.05, 0) is 38.1 Å². The monoisotopic (exact) mass is 325 g/mol. The molecule has 0 saturated carbocycles. The summed E-state index contributed by atoms with van der Waals surface area (Å²) in [7, 11) is 1.57. The minimum atomic E-state index is -0.340. The van der Waals surface area contributed by atoms with E-state index in [-0.39, 0.29) is 17.8 Å². The van der Waals surface area contributed by atoms with Gasteiger partial charge in [0.15, 0.2) is 17.1 Å². The highest BCUT2D eigenvalue weighted by atomic mass is 16.5. The highest BCUT2D eigenvalue weighted by molar-refractivity contribution is 6.05. The number of carbonyl (C=O) groups is 1. The number of amides is 1. The Morgan fingerprint density at radius 1 is 1.08 bits per heavy atom. The van der Waals surface area contributed by atoms with Crippen LogP contribution in [0.1, 0.15) is 24.4 Å². The zero-order valence-corrected chi connectivity index (χ0v) is 13.8. The molecule has 2 aromatic carbocycles. The van der Waals surface area contributed by atoms with Crippen LogP contribution in [-0.2, 0) is 0 Å². The van der Waals surface area contributed by atoms with Crippen LogP contribution in [-0.4, -0.2) is 19.1 Å². The van der Waals surface area contributed by atoms with Crippen molar-refractivity contribution in [1.82, 2.24) is 0 Å². The first-order valence-corrected chi connectivity index (χ1v) is 7.72. The fraction of sp³-hybridized carbons (Fsp3) is 0.211. The third-order valence-electron chi connectivity index (χ3n) is 3.45. The highest BCUT2D eigenvalue weighted by Crippen LogP contribution is 2.30. The molecule has 0 saturated heterocycles. The van der Waals surface area contributed by atoms with Crippen molar-refractivity contribution in [2.45, 2.75) is 20.0 Å². The van der Waals surface area contributed by atoms with Gasteiger partial charge in [-0.1, -0.05) is 24.3 Å². The number of nitrogens with one attached hydrogen (secondary N) is 1. The van der Waals surface area contributed by atoms with Crippen LogP contribution in [0, 0.1) is 0 Å². The summed E-state index contributed by atoms with van der Waals surface area (Å²) >= 11 is 0. The summed E-state index contributed by atoms with van der Waals surface area (Å²) in [6, 6.07) is 14.5. The van der Waals surface area contributed by atoms with E-state index in [0.29, 0.717) is 22.8 Å². The topological polar surface area (TPSA) is 60.7 Å².